The number of pyridine rings is 1. The zero-order chi connectivity index (χ0) is 22.2. The van der Waals surface area contributed by atoms with Crippen LogP contribution in [0.25, 0.3) is 0 Å². The first kappa shape index (κ1) is 22.5. The topological polar surface area (TPSA) is 92.4 Å². The molecule has 3 amide bonds. The Morgan fingerprint density at radius 3 is 2.77 bits per heavy atom. The second-order valence-electron chi connectivity index (χ2n) is 8.11. The van der Waals surface area contributed by atoms with E-state index in [2.05, 4.69) is 20.9 Å². The lowest BCUT2D eigenvalue weighted by atomic mass is 9.85. The van der Waals surface area contributed by atoms with Gasteiger partial charge in [-0.2, -0.15) is 0 Å². The summed E-state index contributed by atoms with van der Waals surface area (Å²) in [6.45, 7) is 4.20. The molecule has 0 spiro atoms. The molecular weight excluding hydrogens is 399 g/mol. The van der Waals surface area contributed by atoms with Crippen LogP contribution in [0.5, 0.6) is 11.6 Å². The molecule has 31 heavy (non-hydrogen) atoms. The number of hydrogen-bond acceptors (Lipinski definition) is 4. The van der Waals surface area contributed by atoms with E-state index in [0.717, 1.165) is 24.8 Å². The van der Waals surface area contributed by atoms with Crippen LogP contribution in [0.1, 0.15) is 45.1 Å². The molecule has 0 radical (unpaired) electrons. The van der Waals surface area contributed by atoms with Crippen LogP contribution in [0.3, 0.4) is 0 Å². The minimum absolute atomic E-state index is 0.0168. The molecule has 3 rings (SSSR count). The predicted molar refractivity (Wildman–Crippen MR) is 115 cm³/mol. The Kier molecular flexibility index (Phi) is 7.81. The molecule has 1 aliphatic carbocycles. The average Bonchev–Trinajstić information content (AvgIpc) is 2.73. The molecule has 2 unspecified atom stereocenters. The fourth-order valence-corrected chi connectivity index (χ4v) is 3.61. The Bertz CT molecular complexity index is 889. The van der Waals surface area contributed by atoms with Crippen molar-refractivity contribution in [3.05, 3.63) is 54.0 Å². The maximum atomic E-state index is 13.2. The zero-order valence-corrected chi connectivity index (χ0v) is 17.9. The summed E-state index contributed by atoms with van der Waals surface area (Å²) >= 11 is 0. The van der Waals surface area contributed by atoms with Crippen molar-refractivity contribution in [2.24, 2.45) is 5.92 Å². The number of carbonyl (C=O) groups is 2. The summed E-state index contributed by atoms with van der Waals surface area (Å²) < 4.78 is 18.7. The van der Waals surface area contributed by atoms with Gasteiger partial charge in [-0.05, 0) is 50.8 Å². The Morgan fingerprint density at radius 2 is 2.06 bits per heavy atom. The third-order valence-electron chi connectivity index (χ3n) is 5.08. The van der Waals surface area contributed by atoms with E-state index in [4.69, 9.17) is 4.74 Å². The van der Waals surface area contributed by atoms with Gasteiger partial charge in [0, 0.05) is 42.9 Å². The second kappa shape index (κ2) is 10.7. The van der Waals surface area contributed by atoms with Crippen LogP contribution in [0.15, 0.2) is 42.6 Å². The van der Waals surface area contributed by atoms with Crippen LogP contribution in [0.4, 0.5) is 9.18 Å². The molecule has 1 saturated carbocycles. The third-order valence-corrected chi connectivity index (χ3v) is 5.08. The van der Waals surface area contributed by atoms with Crippen molar-refractivity contribution in [1.29, 1.82) is 0 Å². The molecule has 0 aliphatic heterocycles. The monoisotopic (exact) mass is 428 g/mol. The molecule has 1 aromatic carbocycles. The predicted octanol–water partition coefficient (Wildman–Crippen LogP) is 3.90. The minimum Gasteiger partial charge on any atom is -0.439 e. The molecule has 1 fully saturated rings. The van der Waals surface area contributed by atoms with Crippen LogP contribution >= 0.6 is 0 Å². The lowest BCUT2D eigenvalue weighted by Gasteiger charge is -2.29. The first-order chi connectivity index (χ1) is 14.9. The molecule has 0 saturated heterocycles. The lowest BCUT2D eigenvalue weighted by molar-refractivity contribution is -0.126. The summed E-state index contributed by atoms with van der Waals surface area (Å²) in [4.78, 5) is 28.7. The molecule has 3 N–H and O–H groups in total. The van der Waals surface area contributed by atoms with Crippen LogP contribution in [0, 0.1) is 11.7 Å². The second-order valence-corrected chi connectivity index (χ2v) is 8.11. The van der Waals surface area contributed by atoms with Crippen LogP contribution < -0.4 is 20.7 Å². The highest BCUT2D eigenvalue weighted by atomic mass is 19.1. The number of ether oxygens (including phenoxy) is 1. The van der Waals surface area contributed by atoms with Gasteiger partial charge in [0.05, 0.1) is 0 Å². The molecule has 7 nitrogen and oxygen atoms in total. The van der Waals surface area contributed by atoms with Crippen molar-refractivity contribution in [1.82, 2.24) is 20.9 Å². The Balaban J connectivity index is 1.43. The molecule has 2 aromatic rings. The van der Waals surface area contributed by atoms with E-state index in [0.29, 0.717) is 24.6 Å². The number of amides is 3. The molecule has 1 aromatic heterocycles. The van der Waals surface area contributed by atoms with E-state index < -0.39 is 0 Å². The van der Waals surface area contributed by atoms with E-state index in [-0.39, 0.29) is 35.8 Å². The number of nitrogens with zero attached hydrogens (tertiary/aromatic N) is 1. The van der Waals surface area contributed by atoms with Crippen molar-refractivity contribution in [2.45, 2.75) is 58.2 Å². The maximum Gasteiger partial charge on any atom is 0.315 e. The molecular formula is C23H29FN4O3. The number of nitrogens with one attached hydrogen (secondary N) is 3. The SMILES string of the molecule is CC(C)NC(=O)C1CCCC(NC(=O)NCc2ccc(Oc3cccc(F)c3)nc2)C1. The lowest BCUT2D eigenvalue weighted by Crippen LogP contribution is -2.46. The van der Waals surface area contributed by atoms with Crippen molar-refractivity contribution in [3.63, 3.8) is 0 Å². The van der Waals surface area contributed by atoms with Gasteiger partial charge in [-0.1, -0.05) is 18.6 Å². The fraction of sp³-hybridized carbons (Fsp3) is 0.435. The number of benzene rings is 1. The summed E-state index contributed by atoms with van der Waals surface area (Å²) in [5.41, 5.74) is 0.805. The van der Waals surface area contributed by atoms with Gasteiger partial charge in [0.25, 0.3) is 0 Å². The van der Waals surface area contributed by atoms with E-state index >= 15 is 0 Å². The first-order valence-corrected chi connectivity index (χ1v) is 10.6. The molecule has 1 heterocycles. The Morgan fingerprint density at radius 1 is 1.23 bits per heavy atom. The molecule has 0 bridgehead atoms. The summed E-state index contributed by atoms with van der Waals surface area (Å²) in [5.74, 6) is 0.330. The number of halogens is 1. The Hall–Kier alpha value is -3.16. The van der Waals surface area contributed by atoms with Gasteiger partial charge in [-0.25, -0.2) is 14.2 Å². The zero-order valence-electron chi connectivity index (χ0n) is 17.9. The van der Waals surface area contributed by atoms with Gasteiger partial charge in [-0.15, -0.1) is 0 Å². The largest absolute Gasteiger partial charge is 0.439 e. The average molecular weight is 429 g/mol. The van der Waals surface area contributed by atoms with Crippen molar-refractivity contribution in [2.75, 3.05) is 0 Å². The van der Waals surface area contributed by atoms with Gasteiger partial charge < -0.3 is 20.7 Å². The van der Waals surface area contributed by atoms with Crippen LogP contribution in [-0.4, -0.2) is 29.0 Å². The van der Waals surface area contributed by atoms with Gasteiger partial charge >= 0.3 is 6.03 Å². The fourth-order valence-electron chi connectivity index (χ4n) is 3.61. The van der Waals surface area contributed by atoms with Gasteiger partial charge in [0.15, 0.2) is 0 Å². The molecule has 1 aliphatic rings. The maximum absolute atomic E-state index is 13.2. The smallest absolute Gasteiger partial charge is 0.315 e. The minimum atomic E-state index is -0.380. The highest BCUT2D eigenvalue weighted by Gasteiger charge is 2.28. The van der Waals surface area contributed by atoms with Crippen molar-refractivity contribution >= 4 is 11.9 Å². The molecule has 8 heteroatoms. The van der Waals surface area contributed by atoms with E-state index in [1.165, 1.54) is 12.1 Å². The molecule has 166 valence electrons. The number of rotatable bonds is 7. The quantitative estimate of drug-likeness (QED) is 0.624. The standard InChI is InChI=1S/C23H29FN4O3/c1-15(2)27-22(29)17-5-3-7-19(11-17)28-23(30)26-14-16-9-10-21(25-13-16)31-20-8-4-6-18(24)12-20/h4,6,8-10,12-13,15,17,19H,3,5,7,11,14H2,1-2H3,(H,27,29)(H2,26,28,30). The van der Waals surface area contributed by atoms with Gasteiger partial charge in [0.2, 0.25) is 11.8 Å². The van der Waals surface area contributed by atoms with E-state index in [9.17, 15) is 14.0 Å². The Labute approximate surface area is 181 Å². The number of aromatic nitrogens is 1. The number of hydrogen-bond donors (Lipinski definition) is 3. The summed E-state index contributed by atoms with van der Waals surface area (Å²) in [6.07, 6.45) is 4.89. The summed E-state index contributed by atoms with van der Waals surface area (Å²) in [6, 6.07) is 9.11. The van der Waals surface area contributed by atoms with Gasteiger partial charge in [0.1, 0.15) is 11.6 Å². The highest BCUT2D eigenvalue weighted by molar-refractivity contribution is 5.79. The van der Waals surface area contributed by atoms with E-state index in [1.807, 2.05) is 13.8 Å². The number of urea groups is 1. The van der Waals surface area contributed by atoms with Crippen molar-refractivity contribution in [3.8, 4) is 11.6 Å². The van der Waals surface area contributed by atoms with E-state index in [1.54, 1.807) is 30.5 Å². The third kappa shape index (κ3) is 7.24. The highest BCUT2D eigenvalue weighted by Crippen LogP contribution is 2.24. The number of carbonyl (C=O) groups excluding carboxylic acids is 2. The summed E-state index contributed by atoms with van der Waals surface area (Å²) in [7, 11) is 0. The normalized spacial score (nSPS) is 18.3. The van der Waals surface area contributed by atoms with Crippen LogP contribution in [0.2, 0.25) is 0 Å². The van der Waals surface area contributed by atoms with Gasteiger partial charge in [-0.3, -0.25) is 4.79 Å². The summed E-state index contributed by atoms with van der Waals surface area (Å²) in [5, 5.41) is 8.74. The molecule has 2 atom stereocenters. The van der Waals surface area contributed by atoms with Crippen molar-refractivity contribution < 1.29 is 18.7 Å². The van der Waals surface area contributed by atoms with Crippen LogP contribution in [-0.2, 0) is 11.3 Å². The first-order valence-electron chi connectivity index (χ1n) is 10.6.